The van der Waals surface area contributed by atoms with Crippen LogP contribution in [-0.4, -0.2) is 10.9 Å². The van der Waals surface area contributed by atoms with Gasteiger partial charge >= 0.3 is 0 Å². The van der Waals surface area contributed by atoms with Crippen LogP contribution in [0.15, 0.2) is 30.3 Å². The molecule has 0 atom stereocenters. The summed E-state index contributed by atoms with van der Waals surface area (Å²) in [6.45, 7) is 7.67. The third-order valence-corrected chi connectivity index (χ3v) is 3.76. The SMILES string of the molecule is CC(C)(C)CCNc1snc(N)c1-c1ccccc1. The molecule has 0 fully saturated rings. The number of rotatable bonds is 4. The Morgan fingerprint density at radius 3 is 2.53 bits per heavy atom. The molecule has 1 aromatic carbocycles. The first-order chi connectivity index (χ1) is 8.97. The minimum absolute atomic E-state index is 0.330. The number of aromatic nitrogens is 1. The summed E-state index contributed by atoms with van der Waals surface area (Å²) >= 11 is 1.44. The second-order valence-electron chi connectivity index (χ2n) is 5.88. The van der Waals surface area contributed by atoms with Crippen molar-refractivity contribution < 1.29 is 0 Å². The average Bonchev–Trinajstić information content (AvgIpc) is 2.70. The lowest BCUT2D eigenvalue weighted by molar-refractivity contribution is 0.390. The molecule has 2 aromatic rings. The van der Waals surface area contributed by atoms with Gasteiger partial charge in [0.2, 0.25) is 0 Å². The molecule has 1 heterocycles. The fraction of sp³-hybridized carbons (Fsp3) is 0.400. The Balaban J connectivity index is 2.15. The summed E-state index contributed by atoms with van der Waals surface area (Å²) in [5, 5.41) is 4.53. The van der Waals surface area contributed by atoms with Crippen molar-refractivity contribution in [1.29, 1.82) is 0 Å². The van der Waals surface area contributed by atoms with Gasteiger partial charge in [-0.15, -0.1) is 0 Å². The van der Waals surface area contributed by atoms with Gasteiger partial charge in [0.1, 0.15) is 10.8 Å². The molecule has 19 heavy (non-hydrogen) atoms. The molecule has 0 aliphatic carbocycles. The Morgan fingerprint density at radius 1 is 1.21 bits per heavy atom. The monoisotopic (exact) mass is 275 g/mol. The molecule has 0 bridgehead atoms. The smallest absolute Gasteiger partial charge is 0.147 e. The van der Waals surface area contributed by atoms with Gasteiger partial charge in [0, 0.05) is 6.54 Å². The largest absolute Gasteiger partial charge is 0.382 e. The average molecular weight is 275 g/mol. The van der Waals surface area contributed by atoms with E-state index >= 15 is 0 Å². The van der Waals surface area contributed by atoms with Crippen LogP contribution in [0.5, 0.6) is 0 Å². The Hall–Kier alpha value is -1.55. The van der Waals surface area contributed by atoms with Crippen molar-refractivity contribution in [3.8, 4) is 11.1 Å². The van der Waals surface area contributed by atoms with Crippen LogP contribution in [0, 0.1) is 5.41 Å². The van der Waals surface area contributed by atoms with E-state index in [1.807, 2.05) is 18.2 Å². The van der Waals surface area contributed by atoms with Gasteiger partial charge in [-0.1, -0.05) is 51.1 Å². The van der Waals surface area contributed by atoms with Crippen molar-refractivity contribution in [2.24, 2.45) is 5.41 Å². The number of benzene rings is 1. The summed E-state index contributed by atoms with van der Waals surface area (Å²) in [4.78, 5) is 0. The van der Waals surface area contributed by atoms with Crippen LogP contribution in [-0.2, 0) is 0 Å². The van der Waals surface area contributed by atoms with E-state index in [2.05, 4.69) is 42.6 Å². The van der Waals surface area contributed by atoms with Crippen LogP contribution >= 0.6 is 11.5 Å². The zero-order valence-electron chi connectivity index (χ0n) is 11.7. The number of nitrogens with zero attached hydrogens (tertiary/aromatic N) is 1. The second-order valence-corrected chi connectivity index (χ2v) is 6.65. The van der Waals surface area contributed by atoms with Crippen LogP contribution < -0.4 is 11.1 Å². The molecule has 0 aliphatic rings. The highest BCUT2D eigenvalue weighted by Gasteiger charge is 2.14. The molecule has 0 unspecified atom stereocenters. The maximum absolute atomic E-state index is 5.99. The van der Waals surface area contributed by atoms with Crippen LogP contribution in [0.25, 0.3) is 11.1 Å². The van der Waals surface area contributed by atoms with Gasteiger partial charge in [-0.2, -0.15) is 4.37 Å². The fourth-order valence-corrected chi connectivity index (χ4v) is 2.62. The van der Waals surface area contributed by atoms with Crippen molar-refractivity contribution in [2.45, 2.75) is 27.2 Å². The summed E-state index contributed by atoms with van der Waals surface area (Å²) in [6.07, 6.45) is 1.11. The normalized spacial score (nSPS) is 11.5. The maximum atomic E-state index is 5.99. The highest BCUT2D eigenvalue weighted by atomic mass is 32.1. The third kappa shape index (κ3) is 3.70. The molecule has 3 nitrogen and oxygen atoms in total. The lowest BCUT2D eigenvalue weighted by Gasteiger charge is -2.18. The number of hydrogen-bond donors (Lipinski definition) is 2. The Labute approximate surface area is 119 Å². The summed E-state index contributed by atoms with van der Waals surface area (Å²) < 4.78 is 4.26. The molecule has 1 aromatic heterocycles. The first-order valence-electron chi connectivity index (χ1n) is 6.52. The quantitative estimate of drug-likeness (QED) is 0.877. The van der Waals surface area contributed by atoms with Crippen LogP contribution in [0.1, 0.15) is 27.2 Å². The van der Waals surface area contributed by atoms with E-state index in [1.54, 1.807) is 0 Å². The first kappa shape index (κ1) is 13.9. The third-order valence-electron chi connectivity index (χ3n) is 2.94. The second kappa shape index (κ2) is 5.61. The molecular weight excluding hydrogens is 254 g/mol. The number of nitrogens with two attached hydrogens (primary N) is 1. The molecule has 2 rings (SSSR count). The van der Waals surface area contributed by atoms with E-state index in [-0.39, 0.29) is 0 Å². The Bertz CT molecular complexity index is 526. The number of hydrogen-bond acceptors (Lipinski definition) is 4. The molecule has 0 saturated carbocycles. The van der Waals surface area contributed by atoms with Gasteiger partial charge in [-0.25, -0.2) is 0 Å². The topological polar surface area (TPSA) is 50.9 Å². The first-order valence-corrected chi connectivity index (χ1v) is 7.29. The highest BCUT2D eigenvalue weighted by molar-refractivity contribution is 7.11. The maximum Gasteiger partial charge on any atom is 0.147 e. The molecule has 0 spiro atoms. The summed E-state index contributed by atoms with van der Waals surface area (Å²) in [7, 11) is 0. The molecule has 0 amide bonds. The number of anilines is 2. The highest BCUT2D eigenvalue weighted by Crippen LogP contribution is 2.36. The van der Waals surface area contributed by atoms with Crippen molar-refractivity contribution in [1.82, 2.24) is 4.37 Å². The predicted octanol–water partition coefficient (Wildman–Crippen LogP) is 4.24. The van der Waals surface area contributed by atoms with E-state index in [9.17, 15) is 0 Å². The Kier molecular flexibility index (Phi) is 4.10. The molecule has 3 N–H and O–H groups in total. The summed E-state index contributed by atoms with van der Waals surface area (Å²) in [6, 6.07) is 10.2. The lowest BCUT2D eigenvalue weighted by Crippen LogP contribution is -2.12. The van der Waals surface area contributed by atoms with Gasteiger partial charge < -0.3 is 11.1 Å². The minimum Gasteiger partial charge on any atom is -0.382 e. The van der Waals surface area contributed by atoms with E-state index in [0.717, 1.165) is 29.1 Å². The molecule has 4 heteroatoms. The molecule has 0 aliphatic heterocycles. The molecular formula is C15H21N3S. The lowest BCUT2D eigenvalue weighted by atomic mass is 9.92. The van der Waals surface area contributed by atoms with Crippen LogP contribution in [0.3, 0.4) is 0 Å². The zero-order chi connectivity index (χ0) is 13.9. The van der Waals surface area contributed by atoms with Gasteiger partial charge in [-0.05, 0) is 28.9 Å². The van der Waals surface area contributed by atoms with Crippen LogP contribution in [0.4, 0.5) is 10.8 Å². The molecule has 0 radical (unpaired) electrons. The van der Waals surface area contributed by atoms with Crippen molar-refractivity contribution >= 4 is 22.4 Å². The van der Waals surface area contributed by atoms with E-state index in [1.165, 1.54) is 11.5 Å². The standard InChI is InChI=1S/C15H21N3S/c1-15(2,3)9-10-17-14-12(13(16)18-19-14)11-7-5-4-6-8-11/h4-8,17H,9-10H2,1-3H3,(H2,16,18). The predicted molar refractivity (Wildman–Crippen MR) is 84.5 cm³/mol. The summed E-state index contributed by atoms with van der Waals surface area (Å²) in [5.74, 6) is 0.606. The van der Waals surface area contributed by atoms with Gasteiger partial charge in [-0.3, -0.25) is 0 Å². The fourth-order valence-electron chi connectivity index (χ4n) is 1.86. The summed E-state index contributed by atoms with van der Waals surface area (Å²) in [5.41, 5.74) is 8.46. The van der Waals surface area contributed by atoms with Crippen LogP contribution in [0.2, 0.25) is 0 Å². The number of nitrogens with one attached hydrogen (secondary N) is 1. The van der Waals surface area contributed by atoms with E-state index < -0.39 is 0 Å². The van der Waals surface area contributed by atoms with Crippen molar-refractivity contribution in [3.05, 3.63) is 30.3 Å². The van der Waals surface area contributed by atoms with Gasteiger partial charge in [0.15, 0.2) is 0 Å². The van der Waals surface area contributed by atoms with E-state index in [0.29, 0.717) is 11.2 Å². The number of nitrogen functional groups attached to an aromatic ring is 1. The molecule has 0 saturated heterocycles. The van der Waals surface area contributed by atoms with Gasteiger partial charge in [0.25, 0.3) is 0 Å². The van der Waals surface area contributed by atoms with Gasteiger partial charge in [0.05, 0.1) is 5.56 Å². The molecule has 102 valence electrons. The zero-order valence-corrected chi connectivity index (χ0v) is 12.6. The van der Waals surface area contributed by atoms with E-state index in [4.69, 9.17) is 5.73 Å². The minimum atomic E-state index is 0.330. The van der Waals surface area contributed by atoms with Crippen molar-refractivity contribution in [3.63, 3.8) is 0 Å². The van der Waals surface area contributed by atoms with Crippen molar-refractivity contribution in [2.75, 3.05) is 17.6 Å². The Morgan fingerprint density at radius 2 is 1.89 bits per heavy atom.